The number of para-hydroxylation sites is 1. The van der Waals surface area contributed by atoms with E-state index in [9.17, 15) is 14.9 Å². The minimum absolute atomic E-state index is 0.0506. The molecule has 0 aliphatic heterocycles. The number of carbonyl (C=O) groups excluding carboxylic acids is 1. The number of nitrogens with zero attached hydrogens (tertiary/aromatic N) is 1. The molecule has 0 radical (unpaired) electrons. The van der Waals surface area contributed by atoms with E-state index < -0.39 is 11.0 Å². The number of rotatable bonds is 8. The van der Waals surface area contributed by atoms with E-state index in [1.54, 1.807) is 25.1 Å². The highest BCUT2D eigenvalue weighted by Gasteiger charge is 2.22. The predicted octanol–water partition coefficient (Wildman–Crippen LogP) is 2.62. The van der Waals surface area contributed by atoms with Gasteiger partial charge in [0, 0.05) is 17.9 Å². The van der Waals surface area contributed by atoms with E-state index >= 15 is 0 Å². The monoisotopic (exact) mass is 312 g/mol. The molecule has 116 valence electrons. The van der Waals surface area contributed by atoms with Gasteiger partial charge in [0.2, 0.25) is 0 Å². The quantitative estimate of drug-likeness (QED) is 0.344. The summed E-state index contributed by atoms with van der Waals surface area (Å²) in [6.07, 6.45) is 0. The van der Waals surface area contributed by atoms with Crippen molar-refractivity contribution in [1.29, 1.82) is 0 Å². The van der Waals surface area contributed by atoms with Crippen molar-refractivity contribution in [2.45, 2.75) is 37.8 Å². The molecule has 6 nitrogen and oxygen atoms in total. The van der Waals surface area contributed by atoms with Crippen LogP contribution in [0.25, 0.3) is 0 Å². The van der Waals surface area contributed by atoms with Crippen molar-refractivity contribution in [2.75, 3.05) is 12.4 Å². The minimum atomic E-state index is -0.491. The van der Waals surface area contributed by atoms with Crippen LogP contribution < -0.4 is 5.32 Å². The van der Waals surface area contributed by atoms with Gasteiger partial charge in [-0.1, -0.05) is 26.0 Å². The Hall–Kier alpha value is -1.60. The van der Waals surface area contributed by atoms with E-state index in [4.69, 9.17) is 4.74 Å². The van der Waals surface area contributed by atoms with Gasteiger partial charge in [-0.05, 0) is 13.0 Å². The third kappa shape index (κ3) is 5.73. The average Bonchev–Trinajstić information content (AvgIpc) is 2.43. The number of carbonyl (C=O) groups is 1. The lowest BCUT2D eigenvalue weighted by Gasteiger charge is -2.19. The van der Waals surface area contributed by atoms with Gasteiger partial charge in [0.1, 0.15) is 6.04 Å². The molecule has 0 heterocycles. The molecule has 1 unspecified atom stereocenters. The number of hydrogen-bond donors (Lipinski definition) is 1. The van der Waals surface area contributed by atoms with Crippen LogP contribution in [-0.4, -0.2) is 35.3 Å². The zero-order chi connectivity index (χ0) is 15.8. The molecule has 1 aromatic carbocycles. The maximum Gasteiger partial charge on any atom is 0.324 e. The molecule has 0 fully saturated rings. The first kappa shape index (κ1) is 17.5. The normalized spacial score (nSPS) is 12.2. The molecule has 0 aliphatic carbocycles. The van der Waals surface area contributed by atoms with Crippen molar-refractivity contribution >= 4 is 23.4 Å². The second-order valence-electron chi connectivity index (χ2n) is 4.66. The van der Waals surface area contributed by atoms with E-state index in [0.717, 1.165) is 0 Å². The number of nitro groups is 1. The summed E-state index contributed by atoms with van der Waals surface area (Å²) in [6.45, 7) is 5.93. The molecule has 0 aliphatic rings. The SMILES string of the molecule is CCOC(=O)C(CSc1ccccc1[N+](=O)[O-])NC(C)C. The van der Waals surface area contributed by atoms with E-state index in [1.807, 2.05) is 13.8 Å². The van der Waals surface area contributed by atoms with Crippen molar-refractivity contribution in [2.24, 2.45) is 0 Å². The summed E-state index contributed by atoms with van der Waals surface area (Å²) in [5.41, 5.74) is 0.0506. The lowest BCUT2D eigenvalue weighted by Crippen LogP contribution is -2.43. The Morgan fingerprint density at radius 3 is 2.67 bits per heavy atom. The molecule has 0 saturated heterocycles. The number of benzene rings is 1. The molecule has 0 aromatic heterocycles. The van der Waals surface area contributed by atoms with Crippen LogP contribution in [0.3, 0.4) is 0 Å². The van der Waals surface area contributed by atoms with Gasteiger partial charge in [-0.25, -0.2) is 0 Å². The van der Waals surface area contributed by atoms with Crippen molar-refractivity contribution in [3.63, 3.8) is 0 Å². The summed E-state index contributed by atoms with van der Waals surface area (Å²) in [4.78, 5) is 23.0. The molecule has 1 aromatic rings. The van der Waals surface area contributed by atoms with Crippen LogP contribution in [0.5, 0.6) is 0 Å². The molecular weight excluding hydrogens is 292 g/mol. The van der Waals surface area contributed by atoms with Gasteiger partial charge in [0.25, 0.3) is 5.69 Å². The fourth-order valence-electron chi connectivity index (χ4n) is 1.73. The lowest BCUT2D eigenvalue weighted by molar-refractivity contribution is -0.387. The summed E-state index contributed by atoms with van der Waals surface area (Å²) in [5, 5.41) is 14.1. The number of thioether (sulfide) groups is 1. The fourth-order valence-corrected chi connectivity index (χ4v) is 2.78. The zero-order valence-corrected chi connectivity index (χ0v) is 13.2. The van der Waals surface area contributed by atoms with Gasteiger partial charge in [0.05, 0.1) is 16.4 Å². The molecule has 0 spiro atoms. The first-order valence-corrected chi connectivity index (χ1v) is 7.73. The molecule has 1 rings (SSSR count). The number of ether oxygens (including phenoxy) is 1. The summed E-state index contributed by atoms with van der Waals surface area (Å²) in [5.74, 6) is 0.0410. The molecular formula is C14H20N2O4S. The van der Waals surface area contributed by atoms with Crippen LogP contribution in [-0.2, 0) is 9.53 Å². The van der Waals surface area contributed by atoms with Gasteiger partial charge < -0.3 is 10.1 Å². The molecule has 7 heteroatoms. The van der Waals surface area contributed by atoms with E-state index in [-0.39, 0.29) is 17.7 Å². The number of nitro benzene ring substituents is 1. The van der Waals surface area contributed by atoms with Crippen LogP contribution in [0, 0.1) is 10.1 Å². The molecule has 0 bridgehead atoms. The average molecular weight is 312 g/mol. The number of nitrogens with one attached hydrogen (secondary N) is 1. The Morgan fingerprint density at radius 1 is 1.43 bits per heavy atom. The number of hydrogen-bond acceptors (Lipinski definition) is 6. The van der Waals surface area contributed by atoms with Gasteiger partial charge in [0.15, 0.2) is 0 Å². The van der Waals surface area contributed by atoms with E-state index in [1.165, 1.54) is 17.8 Å². The van der Waals surface area contributed by atoms with Gasteiger partial charge >= 0.3 is 5.97 Å². The smallest absolute Gasteiger partial charge is 0.324 e. The summed E-state index contributed by atoms with van der Waals surface area (Å²) < 4.78 is 5.02. The van der Waals surface area contributed by atoms with E-state index in [2.05, 4.69) is 5.32 Å². The standard InChI is InChI=1S/C14H20N2O4S/c1-4-20-14(17)11(15-10(2)3)9-21-13-8-6-5-7-12(13)16(18)19/h5-8,10-11,15H,4,9H2,1-3H3. The summed E-state index contributed by atoms with van der Waals surface area (Å²) in [7, 11) is 0. The number of esters is 1. The Labute approximate surface area is 128 Å². The van der Waals surface area contributed by atoms with Crippen molar-refractivity contribution < 1.29 is 14.5 Å². The van der Waals surface area contributed by atoms with Gasteiger partial charge in [-0.2, -0.15) is 0 Å². The van der Waals surface area contributed by atoms with Crippen LogP contribution in [0.15, 0.2) is 29.2 Å². The van der Waals surface area contributed by atoms with Crippen molar-refractivity contribution in [3.05, 3.63) is 34.4 Å². The fraction of sp³-hybridized carbons (Fsp3) is 0.500. The summed E-state index contributed by atoms with van der Waals surface area (Å²) in [6, 6.07) is 6.13. The lowest BCUT2D eigenvalue weighted by atomic mass is 10.3. The van der Waals surface area contributed by atoms with E-state index in [0.29, 0.717) is 17.3 Å². The highest BCUT2D eigenvalue weighted by Crippen LogP contribution is 2.29. The van der Waals surface area contributed by atoms with Crippen LogP contribution in [0.2, 0.25) is 0 Å². The topological polar surface area (TPSA) is 81.5 Å². The Kier molecular flexibility index (Phi) is 7.18. The predicted molar refractivity (Wildman–Crippen MR) is 82.5 cm³/mol. The molecule has 0 amide bonds. The van der Waals surface area contributed by atoms with Gasteiger partial charge in [-0.15, -0.1) is 11.8 Å². The van der Waals surface area contributed by atoms with Crippen LogP contribution in [0.4, 0.5) is 5.69 Å². The first-order valence-electron chi connectivity index (χ1n) is 6.74. The molecule has 1 atom stereocenters. The third-order valence-electron chi connectivity index (χ3n) is 2.57. The Morgan fingerprint density at radius 2 is 2.10 bits per heavy atom. The second-order valence-corrected chi connectivity index (χ2v) is 5.72. The molecule has 0 saturated carbocycles. The highest BCUT2D eigenvalue weighted by molar-refractivity contribution is 7.99. The minimum Gasteiger partial charge on any atom is -0.465 e. The second kappa shape index (κ2) is 8.63. The van der Waals surface area contributed by atoms with Crippen LogP contribution >= 0.6 is 11.8 Å². The van der Waals surface area contributed by atoms with Crippen molar-refractivity contribution in [1.82, 2.24) is 5.32 Å². The van der Waals surface area contributed by atoms with Gasteiger partial charge in [-0.3, -0.25) is 14.9 Å². The maximum atomic E-state index is 11.9. The third-order valence-corrected chi connectivity index (χ3v) is 3.73. The maximum absolute atomic E-state index is 11.9. The first-order chi connectivity index (χ1) is 9.95. The van der Waals surface area contributed by atoms with Crippen molar-refractivity contribution in [3.8, 4) is 0 Å². The molecule has 1 N–H and O–H groups in total. The Bertz CT molecular complexity index is 494. The summed E-state index contributed by atoms with van der Waals surface area (Å²) >= 11 is 1.27. The molecule has 21 heavy (non-hydrogen) atoms. The highest BCUT2D eigenvalue weighted by atomic mass is 32.2. The largest absolute Gasteiger partial charge is 0.465 e. The zero-order valence-electron chi connectivity index (χ0n) is 12.4. The Balaban J connectivity index is 2.77. The van der Waals surface area contributed by atoms with Crippen LogP contribution in [0.1, 0.15) is 20.8 Å².